The van der Waals surface area contributed by atoms with E-state index in [-0.39, 0.29) is 0 Å². The smallest absolute Gasteiger partial charge is 0.117 e. The van der Waals surface area contributed by atoms with Gasteiger partial charge in [0.05, 0.1) is 0 Å². The SMILES string of the molecule is CCCN1CCN(c2cccc(O)c2)[C@@H](C)C1. The van der Waals surface area contributed by atoms with Gasteiger partial charge in [-0.3, -0.25) is 4.90 Å². The molecule has 0 amide bonds. The Morgan fingerprint density at radius 2 is 2.18 bits per heavy atom. The van der Waals surface area contributed by atoms with Crippen molar-refractivity contribution in [3.05, 3.63) is 24.3 Å². The minimum absolute atomic E-state index is 0.352. The summed E-state index contributed by atoms with van der Waals surface area (Å²) in [6, 6.07) is 8.08. The number of anilines is 1. The maximum absolute atomic E-state index is 9.53. The molecule has 0 bridgehead atoms. The van der Waals surface area contributed by atoms with Crippen molar-refractivity contribution >= 4 is 5.69 Å². The second-order valence-electron chi connectivity index (χ2n) is 4.86. The molecule has 2 rings (SSSR count). The summed E-state index contributed by atoms with van der Waals surface area (Å²) in [4.78, 5) is 4.90. The minimum Gasteiger partial charge on any atom is -0.508 e. The lowest BCUT2D eigenvalue weighted by Gasteiger charge is -2.41. The third-order valence-electron chi connectivity index (χ3n) is 3.41. The van der Waals surface area contributed by atoms with E-state index in [1.165, 1.54) is 13.0 Å². The Balaban J connectivity index is 2.04. The van der Waals surface area contributed by atoms with E-state index in [0.717, 1.165) is 25.3 Å². The summed E-state index contributed by atoms with van der Waals surface area (Å²) in [6.07, 6.45) is 1.22. The molecular formula is C14H22N2O. The lowest BCUT2D eigenvalue weighted by molar-refractivity contribution is 0.229. The molecule has 0 spiro atoms. The molecule has 94 valence electrons. The first-order valence-corrected chi connectivity index (χ1v) is 6.48. The van der Waals surface area contributed by atoms with Crippen molar-refractivity contribution in [3.8, 4) is 5.75 Å². The molecule has 0 aliphatic carbocycles. The molecule has 1 aliphatic rings. The molecule has 0 aromatic heterocycles. The largest absolute Gasteiger partial charge is 0.508 e. The highest BCUT2D eigenvalue weighted by Crippen LogP contribution is 2.24. The molecule has 1 saturated heterocycles. The Morgan fingerprint density at radius 1 is 1.35 bits per heavy atom. The molecule has 1 N–H and O–H groups in total. The summed E-state index contributed by atoms with van der Waals surface area (Å²) < 4.78 is 0. The van der Waals surface area contributed by atoms with E-state index in [1.54, 1.807) is 6.07 Å². The molecule has 1 heterocycles. The van der Waals surface area contributed by atoms with Crippen LogP contribution in [-0.2, 0) is 0 Å². The first kappa shape index (κ1) is 12.2. The summed E-state index contributed by atoms with van der Waals surface area (Å²) in [5.41, 5.74) is 1.13. The number of nitrogens with zero attached hydrogens (tertiary/aromatic N) is 2. The number of benzene rings is 1. The Morgan fingerprint density at radius 3 is 2.82 bits per heavy atom. The first-order chi connectivity index (χ1) is 8.20. The number of aromatic hydroxyl groups is 1. The van der Waals surface area contributed by atoms with E-state index < -0.39 is 0 Å². The Bertz CT molecular complexity index is 367. The summed E-state index contributed by atoms with van der Waals surface area (Å²) >= 11 is 0. The van der Waals surface area contributed by atoms with Crippen LogP contribution in [0.1, 0.15) is 20.3 Å². The zero-order valence-corrected chi connectivity index (χ0v) is 10.8. The van der Waals surface area contributed by atoms with Gasteiger partial charge in [0.1, 0.15) is 5.75 Å². The summed E-state index contributed by atoms with van der Waals surface area (Å²) in [5, 5.41) is 9.53. The standard InChI is InChI=1S/C14H22N2O/c1-3-7-15-8-9-16(12(2)11-15)13-5-4-6-14(17)10-13/h4-6,10,12,17H,3,7-9,11H2,1-2H3/t12-/m0/s1. The van der Waals surface area contributed by atoms with Gasteiger partial charge in [0.25, 0.3) is 0 Å². The van der Waals surface area contributed by atoms with Crippen LogP contribution in [0.15, 0.2) is 24.3 Å². The third kappa shape index (κ3) is 2.91. The van der Waals surface area contributed by atoms with Crippen LogP contribution in [0.2, 0.25) is 0 Å². The normalized spacial score (nSPS) is 21.8. The number of hydrogen-bond acceptors (Lipinski definition) is 3. The Kier molecular flexibility index (Phi) is 3.89. The Labute approximate surface area is 104 Å². The van der Waals surface area contributed by atoms with Crippen LogP contribution >= 0.6 is 0 Å². The maximum atomic E-state index is 9.53. The zero-order chi connectivity index (χ0) is 12.3. The number of phenolic OH excluding ortho intramolecular Hbond substituents is 1. The molecule has 1 aliphatic heterocycles. The fourth-order valence-corrected chi connectivity index (χ4v) is 2.61. The van der Waals surface area contributed by atoms with Gasteiger partial charge in [-0.25, -0.2) is 0 Å². The molecule has 1 aromatic rings. The fourth-order valence-electron chi connectivity index (χ4n) is 2.61. The van der Waals surface area contributed by atoms with Gasteiger partial charge in [0.15, 0.2) is 0 Å². The number of piperazine rings is 1. The van der Waals surface area contributed by atoms with Gasteiger partial charge in [0.2, 0.25) is 0 Å². The van der Waals surface area contributed by atoms with Crippen LogP contribution < -0.4 is 4.90 Å². The molecule has 0 radical (unpaired) electrons. The minimum atomic E-state index is 0.352. The second kappa shape index (κ2) is 5.41. The second-order valence-corrected chi connectivity index (χ2v) is 4.86. The summed E-state index contributed by atoms with van der Waals surface area (Å²) in [7, 11) is 0. The van der Waals surface area contributed by atoms with Crippen molar-refractivity contribution in [1.82, 2.24) is 4.90 Å². The Hall–Kier alpha value is -1.22. The molecule has 3 heteroatoms. The molecule has 3 nitrogen and oxygen atoms in total. The number of hydrogen-bond donors (Lipinski definition) is 1. The van der Waals surface area contributed by atoms with E-state index in [0.29, 0.717) is 11.8 Å². The average molecular weight is 234 g/mol. The van der Waals surface area contributed by atoms with Gasteiger partial charge in [-0.05, 0) is 32.0 Å². The van der Waals surface area contributed by atoms with E-state index in [1.807, 2.05) is 12.1 Å². The fraction of sp³-hybridized carbons (Fsp3) is 0.571. The topological polar surface area (TPSA) is 26.7 Å². The average Bonchev–Trinajstić information content (AvgIpc) is 2.29. The van der Waals surface area contributed by atoms with E-state index in [9.17, 15) is 5.11 Å². The van der Waals surface area contributed by atoms with Crippen molar-refractivity contribution in [1.29, 1.82) is 0 Å². The third-order valence-corrected chi connectivity index (χ3v) is 3.41. The van der Waals surface area contributed by atoms with Crippen molar-refractivity contribution in [2.24, 2.45) is 0 Å². The maximum Gasteiger partial charge on any atom is 0.117 e. The highest BCUT2D eigenvalue weighted by atomic mass is 16.3. The van der Waals surface area contributed by atoms with E-state index in [4.69, 9.17) is 0 Å². The van der Waals surface area contributed by atoms with Crippen LogP contribution in [0.25, 0.3) is 0 Å². The lowest BCUT2D eigenvalue weighted by Crippen LogP contribution is -2.52. The van der Waals surface area contributed by atoms with Crippen molar-refractivity contribution < 1.29 is 5.11 Å². The van der Waals surface area contributed by atoms with E-state index >= 15 is 0 Å². The molecule has 0 unspecified atom stereocenters. The predicted octanol–water partition coefficient (Wildman–Crippen LogP) is 2.31. The quantitative estimate of drug-likeness (QED) is 0.869. The van der Waals surface area contributed by atoms with Crippen molar-refractivity contribution in [2.45, 2.75) is 26.3 Å². The van der Waals surface area contributed by atoms with Crippen LogP contribution in [0.5, 0.6) is 5.75 Å². The van der Waals surface area contributed by atoms with Crippen LogP contribution in [-0.4, -0.2) is 42.2 Å². The van der Waals surface area contributed by atoms with Gasteiger partial charge >= 0.3 is 0 Å². The van der Waals surface area contributed by atoms with Gasteiger partial charge in [-0.1, -0.05) is 13.0 Å². The van der Waals surface area contributed by atoms with Crippen LogP contribution in [0.3, 0.4) is 0 Å². The summed E-state index contributed by atoms with van der Waals surface area (Å²) in [5.74, 6) is 0.352. The monoisotopic (exact) mass is 234 g/mol. The summed E-state index contributed by atoms with van der Waals surface area (Å²) in [6.45, 7) is 8.96. The predicted molar refractivity (Wildman–Crippen MR) is 71.6 cm³/mol. The first-order valence-electron chi connectivity index (χ1n) is 6.48. The number of phenols is 1. The lowest BCUT2D eigenvalue weighted by atomic mass is 10.1. The molecule has 1 fully saturated rings. The zero-order valence-electron chi connectivity index (χ0n) is 10.8. The van der Waals surface area contributed by atoms with Crippen molar-refractivity contribution in [3.63, 3.8) is 0 Å². The number of rotatable bonds is 3. The van der Waals surface area contributed by atoms with Gasteiger partial charge in [0, 0.05) is 37.4 Å². The highest BCUT2D eigenvalue weighted by Gasteiger charge is 2.23. The molecule has 17 heavy (non-hydrogen) atoms. The van der Waals surface area contributed by atoms with Crippen LogP contribution in [0.4, 0.5) is 5.69 Å². The van der Waals surface area contributed by atoms with Gasteiger partial charge in [-0.2, -0.15) is 0 Å². The molecule has 1 atom stereocenters. The molecular weight excluding hydrogens is 212 g/mol. The van der Waals surface area contributed by atoms with E-state index in [2.05, 4.69) is 29.7 Å². The van der Waals surface area contributed by atoms with Crippen molar-refractivity contribution in [2.75, 3.05) is 31.1 Å². The van der Waals surface area contributed by atoms with Gasteiger partial charge < -0.3 is 10.0 Å². The van der Waals surface area contributed by atoms with Gasteiger partial charge in [-0.15, -0.1) is 0 Å². The molecule has 1 aromatic carbocycles. The molecule has 0 saturated carbocycles. The van der Waals surface area contributed by atoms with Crippen LogP contribution in [0, 0.1) is 0 Å². The highest BCUT2D eigenvalue weighted by molar-refractivity contribution is 5.51.